The molecule has 24 heavy (non-hydrogen) atoms. The molecule has 0 spiro atoms. The monoisotopic (exact) mass is 334 g/mol. The Hall–Kier alpha value is -1.93. The van der Waals surface area contributed by atoms with Crippen LogP contribution in [0.1, 0.15) is 24.8 Å². The molecule has 1 fully saturated rings. The van der Waals surface area contributed by atoms with Gasteiger partial charge in [0.15, 0.2) is 0 Å². The summed E-state index contributed by atoms with van der Waals surface area (Å²) in [6, 6.07) is 0.219. The summed E-state index contributed by atoms with van der Waals surface area (Å²) in [5, 5.41) is 15.6. The van der Waals surface area contributed by atoms with E-state index in [9.17, 15) is 4.79 Å². The first-order valence-electron chi connectivity index (χ1n) is 8.60. The molecule has 132 valence electrons. The van der Waals surface area contributed by atoms with E-state index in [-0.39, 0.29) is 18.6 Å². The molecular formula is C16H26N6O2. The van der Waals surface area contributed by atoms with Crippen molar-refractivity contribution >= 4 is 17.5 Å². The van der Waals surface area contributed by atoms with Gasteiger partial charge in [0.25, 0.3) is 0 Å². The number of nitrogens with zero attached hydrogens (tertiary/aromatic N) is 4. The van der Waals surface area contributed by atoms with E-state index < -0.39 is 0 Å². The van der Waals surface area contributed by atoms with Crippen LogP contribution in [0.4, 0.5) is 11.6 Å². The SMILES string of the molecule is CN1CC(=O)N(C2CCCNC2)Cc2c(NCCCO)ncnc21. The molecule has 2 aliphatic rings. The number of nitrogens with one attached hydrogen (secondary N) is 2. The molecule has 3 rings (SSSR count). The van der Waals surface area contributed by atoms with E-state index in [0.29, 0.717) is 26.1 Å². The van der Waals surface area contributed by atoms with Gasteiger partial charge in [-0.15, -0.1) is 0 Å². The van der Waals surface area contributed by atoms with Crippen molar-refractivity contribution in [1.29, 1.82) is 0 Å². The summed E-state index contributed by atoms with van der Waals surface area (Å²) in [5.41, 5.74) is 0.953. The van der Waals surface area contributed by atoms with E-state index in [2.05, 4.69) is 20.6 Å². The van der Waals surface area contributed by atoms with E-state index in [4.69, 9.17) is 5.11 Å². The molecule has 1 amide bonds. The van der Waals surface area contributed by atoms with Crippen molar-refractivity contribution in [1.82, 2.24) is 20.2 Å². The van der Waals surface area contributed by atoms with Crippen LogP contribution >= 0.6 is 0 Å². The number of rotatable bonds is 5. The van der Waals surface area contributed by atoms with Crippen LogP contribution < -0.4 is 15.5 Å². The van der Waals surface area contributed by atoms with Gasteiger partial charge in [-0.05, 0) is 25.8 Å². The van der Waals surface area contributed by atoms with Gasteiger partial charge in [-0.25, -0.2) is 9.97 Å². The number of aromatic nitrogens is 2. The Bertz CT molecular complexity index is 576. The molecular weight excluding hydrogens is 308 g/mol. The van der Waals surface area contributed by atoms with Crippen molar-refractivity contribution < 1.29 is 9.90 Å². The molecule has 0 bridgehead atoms. The maximum atomic E-state index is 12.7. The van der Waals surface area contributed by atoms with Crippen molar-refractivity contribution in [3.05, 3.63) is 11.9 Å². The lowest BCUT2D eigenvalue weighted by molar-refractivity contribution is -0.132. The number of amides is 1. The Kier molecular flexibility index (Phi) is 5.47. The fraction of sp³-hybridized carbons (Fsp3) is 0.688. The van der Waals surface area contributed by atoms with Gasteiger partial charge in [0.05, 0.1) is 18.7 Å². The van der Waals surface area contributed by atoms with E-state index in [1.165, 1.54) is 6.33 Å². The first-order chi connectivity index (χ1) is 11.7. The van der Waals surface area contributed by atoms with Crippen LogP contribution in [-0.4, -0.2) is 71.8 Å². The molecule has 1 saturated heterocycles. The summed E-state index contributed by atoms with van der Waals surface area (Å²) in [6.07, 6.45) is 4.30. The number of hydrogen-bond acceptors (Lipinski definition) is 7. The summed E-state index contributed by atoms with van der Waals surface area (Å²) in [7, 11) is 1.89. The van der Waals surface area contributed by atoms with Crippen molar-refractivity contribution in [3.63, 3.8) is 0 Å². The van der Waals surface area contributed by atoms with Crippen molar-refractivity contribution in [2.24, 2.45) is 0 Å². The summed E-state index contributed by atoms with van der Waals surface area (Å²) in [6.45, 7) is 3.49. The Balaban J connectivity index is 1.87. The van der Waals surface area contributed by atoms with Gasteiger partial charge in [0.1, 0.15) is 18.0 Å². The second-order valence-corrected chi connectivity index (χ2v) is 6.41. The van der Waals surface area contributed by atoms with Crippen LogP contribution in [0.25, 0.3) is 0 Å². The minimum absolute atomic E-state index is 0.130. The maximum absolute atomic E-state index is 12.7. The average Bonchev–Trinajstić information content (AvgIpc) is 2.73. The normalized spacial score (nSPS) is 21.4. The molecule has 1 aromatic rings. The molecule has 8 heteroatoms. The number of aliphatic hydroxyl groups excluding tert-OH is 1. The van der Waals surface area contributed by atoms with Crippen LogP contribution in [0.5, 0.6) is 0 Å². The van der Waals surface area contributed by atoms with E-state index >= 15 is 0 Å². The van der Waals surface area contributed by atoms with Gasteiger partial charge in [-0.1, -0.05) is 0 Å². The Morgan fingerprint density at radius 1 is 1.42 bits per heavy atom. The number of anilines is 2. The number of carbonyl (C=O) groups excluding carboxylic acids is 1. The number of carbonyl (C=O) groups is 1. The zero-order chi connectivity index (χ0) is 16.9. The predicted molar refractivity (Wildman–Crippen MR) is 91.9 cm³/mol. The molecule has 0 radical (unpaired) electrons. The lowest BCUT2D eigenvalue weighted by atomic mass is 10.0. The topological polar surface area (TPSA) is 93.6 Å². The second-order valence-electron chi connectivity index (χ2n) is 6.41. The number of fused-ring (bicyclic) bond motifs is 1. The van der Waals surface area contributed by atoms with Crippen molar-refractivity contribution in [3.8, 4) is 0 Å². The number of hydrogen-bond donors (Lipinski definition) is 3. The van der Waals surface area contributed by atoms with Crippen LogP contribution in [0.15, 0.2) is 6.33 Å². The minimum atomic E-state index is 0.130. The third-order valence-electron chi connectivity index (χ3n) is 4.64. The van der Waals surface area contributed by atoms with Crippen LogP contribution in [0.2, 0.25) is 0 Å². The van der Waals surface area contributed by atoms with Gasteiger partial charge in [0.2, 0.25) is 5.91 Å². The molecule has 1 atom stereocenters. The third kappa shape index (κ3) is 3.59. The average molecular weight is 334 g/mol. The lowest BCUT2D eigenvalue weighted by Crippen LogP contribution is -2.49. The van der Waals surface area contributed by atoms with E-state index in [1.807, 2.05) is 16.8 Å². The molecule has 1 unspecified atom stereocenters. The summed E-state index contributed by atoms with van der Waals surface area (Å²) in [4.78, 5) is 25.3. The Labute approximate surface area is 142 Å². The fourth-order valence-corrected chi connectivity index (χ4v) is 3.38. The number of piperidine rings is 1. The highest BCUT2D eigenvalue weighted by molar-refractivity contribution is 5.84. The van der Waals surface area contributed by atoms with Gasteiger partial charge in [0, 0.05) is 32.8 Å². The van der Waals surface area contributed by atoms with Gasteiger partial charge >= 0.3 is 0 Å². The highest BCUT2D eigenvalue weighted by Crippen LogP contribution is 2.29. The van der Waals surface area contributed by atoms with Crippen LogP contribution in [0, 0.1) is 0 Å². The molecule has 0 aromatic carbocycles. The first-order valence-corrected chi connectivity index (χ1v) is 8.60. The van der Waals surface area contributed by atoms with E-state index in [0.717, 1.165) is 43.1 Å². The van der Waals surface area contributed by atoms with Gasteiger partial charge in [-0.3, -0.25) is 4.79 Å². The lowest BCUT2D eigenvalue weighted by Gasteiger charge is -2.34. The molecule has 8 nitrogen and oxygen atoms in total. The third-order valence-corrected chi connectivity index (χ3v) is 4.64. The highest BCUT2D eigenvalue weighted by Gasteiger charge is 2.32. The standard InChI is InChI=1S/C16H26N6O2/c1-21-10-14(24)22(12-4-2-5-17-8-12)9-13-15(18-6-3-7-23)19-11-20-16(13)21/h11-12,17,23H,2-10H2,1H3,(H,18,19,20). The summed E-state index contributed by atoms with van der Waals surface area (Å²) < 4.78 is 0. The quantitative estimate of drug-likeness (QED) is 0.642. The molecule has 0 saturated carbocycles. The molecule has 3 N–H and O–H groups in total. The summed E-state index contributed by atoms with van der Waals surface area (Å²) in [5.74, 6) is 1.69. The van der Waals surface area contributed by atoms with Crippen molar-refractivity contribution in [2.45, 2.75) is 31.8 Å². The van der Waals surface area contributed by atoms with Gasteiger partial charge in [-0.2, -0.15) is 0 Å². The maximum Gasteiger partial charge on any atom is 0.242 e. The minimum Gasteiger partial charge on any atom is -0.396 e. The summed E-state index contributed by atoms with van der Waals surface area (Å²) >= 11 is 0. The van der Waals surface area contributed by atoms with E-state index in [1.54, 1.807) is 0 Å². The molecule has 3 heterocycles. The number of likely N-dealkylation sites (N-methyl/N-ethyl adjacent to an activating group) is 1. The zero-order valence-electron chi connectivity index (χ0n) is 14.2. The highest BCUT2D eigenvalue weighted by atomic mass is 16.3. The molecule has 2 aliphatic heterocycles. The molecule has 0 aliphatic carbocycles. The Morgan fingerprint density at radius 3 is 3.04 bits per heavy atom. The van der Waals surface area contributed by atoms with Crippen LogP contribution in [-0.2, 0) is 11.3 Å². The smallest absolute Gasteiger partial charge is 0.242 e. The number of aliphatic hydroxyl groups is 1. The predicted octanol–water partition coefficient (Wildman–Crippen LogP) is -0.199. The van der Waals surface area contributed by atoms with Crippen LogP contribution in [0.3, 0.4) is 0 Å². The van der Waals surface area contributed by atoms with Crippen molar-refractivity contribution in [2.75, 3.05) is 50.1 Å². The largest absolute Gasteiger partial charge is 0.396 e. The first kappa shape index (κ1) is 16.9. The zero-order valence-corrected chi connectivity index (χ0v) is 14.2. The molecule has 1 aromatic heterocycles. The fourth-order valence-electron chi connectivity index (χ4n) is 3.38. The Morgan fingerprint density at radius 2 is 2.29 bits per heavy atom. The second kappa shape index (κ2) is 7.76. The van der Waals surface area contributed by atoms with Gasteiger partial charge < -0.3 is 25.5 Å².